The summed E-state index contributed by atoms with van der Waals surface area (Å²) in [5, 5.41) is 0.217. The topological polar surface area (TPSA) is 84.0 Å². The largest absolute Gasteiger partial charge is 0.378 e. The highest BCUT2D eigenvalue weighted by atomic mass is 35.5. The smallest absolute Gasteiger partial charge is 0.255 e. The van der Waals surface area contributed by atoms with E-state index in [0.717, 1.165) is 4.31 Å². The third kappa shape index (κ3) is 3.06. The zero-order valence-corrected chi connectivity index (χ0v) is 13.8. The van der Waals surface area contributed by atoms with Gasteiger partial charge >= 0.3 is 0 Å². The second kappa shape index (κ2) is 6.10. The van der Waals surface area contributed by atoms with E-state index in [1.54, 1.807) is 4.90 Å². The molecular formula is C14H15ClN2O5S. The summed E-state index contributed by atoms with van der Waals surface area (Å²) in [6, 6.07) is 4.23. The number of rotatable bonds is 2. The van der Waals surface area contributed by atoms with Gasteiger partial charge in [0, 0.05) is 19.5 Å². The molecule has 2 aliphatic heterocycles. The lowest BCUT2D eigenvalue weighted by Crippen LogP contribution is -2.41. The monoisotopic (exact) mass is 358 g/mol. The summed E-state index contributed by atoms with van der Waals surface area (Å²) < 4.78 is 30.0. The Hall–Kier alpha value is -1.64. The highest BCUT2D eigenvalue weighted by molar-refractivity contribution is 7.94. The van der Waals surface area contributed by atoms with Crippen LogP contribution < -0.4 is 4.31 Å². The summed E-state index contributed by atoms with van der Waals surface area (Å²) in [4.78, 5) is 26.0. The molecule has 7 nitrogen and oxygen atoms in total. The van der Waals surface area contributed by atoms with E-state index in [1.165, 1.54) is 18.2 Å². The quantitative estimate of drug-likeness (QED) is 0.783. The molecule has 0 spiro atoms. The van der Waals surface area contributed by atoms with Crippen LogP contribution in [0.5, 0.6) is 0 Å². The van der Waals surface area contributed by atoms with Crippen LogP contribution in [0.1, 0.15) is 16.8 Å². The SMILES string of the molecule is O=C(c1cc(N2C(=O)CCS2(=O)=O)ccc1Cl)N1CCOCC1. The van der Waals surface area contributed by atoms with Gasteiger partial charge in [0.2, 0.25) is 15.9 Å². The van der Waals surface area contributed by atoms with Crippen molar-refractivity contribution in [3.8, 4) is 0 Å². The third-order valence-electron chi connectivity index (χ3n) is 3.79. The summed E-state index contributed by atoms with van der Waals surface area (Å²) in [5.74, 6) is -1.03. The average Bonchev–Trinajstić information content (AvgIpc) is 2.82. The van der Waals surface area contributed by atoms with Crippen molar-refractivity contribution in [1.82, 2.24) is 4.90 Å². The molecule has 2 amide bonds. The lowest BCUT2D eigenvalue weighted by Gasteiger charge is -2.27. The van der Waals surface area contributed by atoms with Gasteiger partial charge in [-0.15, -0.1) is 0 Å². The molecule has 1 aromatic rings. The number of hydrogen-bond acceptors (Lipinski definition) is 5. The molecule has 0 radical (unpaired) electrons. The molecule has 0 aliphatic carbocycles. The van der Waals surface area contributed by atoms with Gasteiger partial charge in [-0.1, -0.05) is 11.6 Å². The van der Waals surface area contributed by atoms with Crippen LogP contribution in [0.4, 0.5) is 5.69 Å². The number of halogens is 1. The van der Waals surface area contributed by atoms with Crippen LogP contribution in [-0.4, -0.2) is 57.2 Å². The van der Waals surface area contributed by atoms with Crippen molar-refractivity contribution in [3.63, 3.8) is 0 Å². The van der Waals surface area contributed by atoms with Gasteiger partial charge in [0.25, 0.3) is 5.91 Å². The number of benzene rings is 1. The van der Waals surface area contributed by atoms with E-state index in [1.807, 2.05) is 0 Å². The standard InChI is InChI=1S/C14H15ClN2O5S/c15-12-2-1-10(17-13(18)3-8-23(17,20)21)9-11(12)14(19)16-4-6-22-7-5-16/h1-2,9H,3-8H2. The van der Waals surface area contributed by atoms with Gasteiger partial charge in [-0.05, 0) is 18.2 Å². The van der Waals surface area contributed by atoms with Gasteiger partial charge in [0.1, 0.15) is 0 Å². The Morgan fingerprint density at radius 1 is 1.22 bits per heavy atom. The first-order valence-electron chi connectivity index (χ1n) is 7.12. The Morgan fingerprint density at radius 2 is 1.91 bits per heavy atom. The van der Waals surface area contributed by atoms with Crippen molar-refractivity contribution in [2.24, 2.45) is 0 Å². The fourth-order valence-electron chi connectivity index (χ4n) is 2.61. The maximum atomic E-state index is 12.6. The van der Waals surface area contributed by atoms with E-state index in [2.05, 4.69) is 0 Å². The molecule has 2 heterocycles. The van der Waals surface area contributed by atoms with Gasteiger partial charge in [-0.3, -0.25) is 9.59 Å². The molecule has 124 valence electrons. The lowest BCUT2D eigenvalue weighted by molar-refractivity contribution is -0.116. The van der Waals surface area contributed by atoms with E-state index in [9.17, 15) is 18.0 Å². The number of carbonyl (C=O) groups is 2. The first kappa shape index (κ1) is 16.2. The maximum absolute atomic E-state index is 12.6. The van der Waals surface area contributed by atoms with Gasteiger partial charge < -0.3 is 9.64 Å². The van der Waals surface area contributed by atoms with Crippen LogP contribution in [0.3, 0.4) is 0 Å². The van der Waals surface area contributed by atoms with Gasteiger partial charge in [-0.2, -0.15) is 0 Å². The van der Waals surface area contributed by atoms with Crippen LogP contribution in [-0.2, 0) is 19.6 Å². The Kier molecular flexibility index (Phi) is 4.31. The molecule has 2 saturated heterocycles. The number of ether oxygens (including phenoxy) is 1. The molecule has 0 atom stereocenters. The number of hydrogen-bond donors (Lipinski definition) is 0. The van der Waals surface area contributed by atoms with Crippen LogP contribution in [0.25, 0.3) is 0 Å². The van der Waals surface area contributed by atoms with E-state index < -0.39 is 15.9 Å². The van der Waals surface area contributed by atoms with Crippen LogP contribution in [0, 0.1) is 0 Å². The van der Waals surface area contributed by atoms with E-state index in [4.69, 9.17) is 16.3 Å². The molecular weight excluding hydrogens is 344 g/mol. The number of nitrogens with zero attached hydrogens (tertiary/aromatic N) is 2. The summed E-state index contributed by atoms with van der Waals surface area (Å²) in [6.07, 6.45) is -0.0578. The molecule has 0 N–H and O–H groups in total. The van der Waals surface area contributed by atoms with Crippen LogP contribution >= 0.6 is 11.6 Å². The number of sulfonamides is 1. The molecule has 0 bridgehead atoms. The Labute approximate surface area is 138 Å². The molecule has 0 saturated carbocycles. The van der Waals surface area contributed by atoms with Crippen molar-refractivity contribution < 1.29 is 22.7 Å². The molecule has 23 heavy (non-hydrogen) atoms. The first-order chi connectivity index (χ1) is 10.9. The van der Waals surface area contributed by atoms with Crippen molar-refractivity contribution in [2.45, 2.75) is 6.42 Å². The number of carbonyl (C=O) groups excluding carboxylic acids is 2. The Balaban J connectivity index is 1.96. The molecule has 2 fully saturated rings. The Morgan fingerprint density at radius 3 is 2.52 bits per heavy atom. The number of anilines is 1. The first-order valence-corrected chi connectivity index (χ1v) is 9.11. The zero-order chi connectivity index (χ0) is 16.6. The Bertz CT molecular complexity index is 758. The van der Waals surface area contributed by atoms with Crippen molar-refractivity contribution in [2.75, 3.05) is 36.4 Å². The highest BCUT2D eigenvalue weighted by Crippen LogP contribution is 2.29. The lowest BCUT2D eigenvalue weighted by atomic mass is 10.1. The fraction of sp³-hybridized carbons (Fsp3) is 0.429. The molecule has 0 aromatic heterocycles. The normalized spacial score (nSPS) is 20.8. The summed E-state index contributed by atoms with van der Waals surface area (Å²) in [7, 11) is -3.67. The second-order valence-corrected chi connectivity index (χ2v) is 7.64. The summed E-state index contributed by atoms with van der Waals surface area (Å²) >= 11 is 6.09. The minimum absolute atomic E-state index is 0.0578. The van der Waals surface area contributed by atoms with Gasteiger partial charge in [0.15, 0.2) is 0 Å². The fourth-order valence-corrected chi connectivity index (χ4v) is 4.26. The summed E-state index contributed by atoms with van der Waals surface area (Å²) in [5.41, 5.74) is 0.328. The minimum Gasteiger partial charge on any atom is -0.378 e. The predicted octanol–water partition coefficient (Wildman–Crippen LogP) is 0.879. The van der Waals surface area contributed by atoms with E-state index in [0.29, 0.717) is 26.3 Å². The van der Waals surface area contributed by atoms with Crippen molar-refractivity contribution >= 4 is 39.1 Å². The second-order valence-electron chi connectivity index (χ2n) is 5.29. The van der Waals surface area contributed by atoms with Crippen molar-refractivity contribution in [3.05, 3.63) is 28.8 Å². The molecule has 3 rings (SSSR count). The minimum atomic E-state index is -3.67. The molecule has 9 heteroatoms. The predicted molar refractivity (Wildman–Crippen MR) is 84.1 cm³/mol. The average molecular weight is 359 g/mol. The van der Waals surface area contributed by atoms with Gasteiger partial charge in [-0.25, -0.2) is 12.7 Å². The van der Waals surface area contributed by atoms with Gasteiger partial charge in [0.05, 0.1) is 35.2 Å². The molecule has 0 unspecified atom stereocenters. The zero-order valence-electron chi connectivity index (χ0n) is 12.2. The molecule has 1 aromatic carbocycles. The van der Waals surface area contributed by atoms with Crippen molar-refractivity contribution in [1.29, 1.82) is 0 Å². The summed E-state index contributed by atoms with van der Waals surface area (Å²) in [6.45, 7) is 1.78. The number of morpholine rings is 1. The van der Waals surface area contributed by atoms with E-state index in [-0.39, 0.29) is 34.4 Å². The van der Waals surface area contributed by atoms with Crippen LogP contribution in [0.2, 0.25) is 5.02 Å². The van der Waals surface area contributed by atoms with Crippen LogP contribution in [0.15, 0.2) is 18.2 Å². The van der Waals surface area contributed by atoms with E-state index >= 15 is 0 Å². The number of amides is 2. The highest BCUT2D eigenvalue weighted by Gasteiger charge is 2.37. The third-order valence-corrected chi connectivity index (χ3v) is 5.81. The molecule has 2 aliphatic rings. The maximum Gasteiger partial charge on any atom is 0.255 e.